The fraction of sp³-hybridized carbons (Fsp3) is 0.440. The number of nitrogens with one attached hydrogen (secondary N) is 1. The first kappa shape index (κ1) is 21.6. The van der Waals surface area contributed by atoms with E-state index in [2.05, 4.69) is 62.8 Å². The maximum Gasteiger partial charge on any atom is 0.307 e. The summed E-state index contributed by atoms with van der Waals surface area (Å²) in [5.41, 5.74) is 7.22. The Morgan fingerprint density at radius 2 is 1.74 bits per heavy atom. The molecule has 2 heterocycles. The number of methoxy groups -OCH3 is 1. The molecule has 0 radical (unpaired) electrons. The van der Waals surface area contributed by atoms with Crippen LogP contribution in [0.25, 0.3) is 11.1 Å². The predicted molar refractivity (Wildman–Crippen MR) is 126 cm³/mol. The quantitative estimate of drug-likeness (QED) is 0.567. The molecule has 6 heteroatoms. The zero-order valence-corrected chi connectivity index (χ0v) is 19.9. The summed E-state index contributed by atoms with van der Waals surface area (Å²) in [6.45, 7) is 11.4. The van der Waals surface area contributed by atoms with Gasteiger partial charge in [-0.05, 0) is 70.5 Å². The Morgan fingerprint density at radius 3 is 2.32 bits per heavy atom. The molecular weight excluding hydrogens is 408 g/mol. The Bertz CT molecular complexity index is 1200. The van der Waals surface area contributed by atoms with Gasteiger partial charge in [0, 0.05) is 18.2 Å². The first-order chi connectivity index (χ1) is 14.5. The summed E-state index contributed by atoms with van der Waals surface area (Å²) < 4.78 is 5.61. The Balaban J connectivity index is 1.85. The van der Waals surface area contributed by atoms with E-state index < -0.39 is 0 Å². The summed E-state index contributed by atoms with van der Waals surface area (Å²) in [5.74, 6) is 0.507. The lowest BCUT2D eigenvalue weighted by Crippen LogP contribution is -2.34. The van der Waals surface area contributed by atoms with Gasteiger partial charge in [0.1, 0.15) is 0 Å². The van der Waals surface area contributed by atoms with E-state index in [1.54, 1.807) is 13.3 Å². The standard InChI is InChI=1S/C25H30N2O3S/c1-14-9-18-19(25(4,5)8-7-24(18,2)3)12-16(14)17-10-15(13-26-22(17)30-6)11-20-21(28)27-23(29)31-20/h9-10,12-13,28H,7-8,11H2,1-6H3,(H,27,29). The molecule has 3 aromatic rings. The predicted octanol–water partition coefficient (Wildman–Crippen LogP) is 5.46. The first-order valence-electron chi connectivity index (χ1n) is 10.6. The molecule has 2 aromatic heterocycles. The van der Waals surface area contributed by atoms with Crippen LogP contribution >= 0.6 is 11.3 Å². The summed E-state index contributed by atoms with van der Waals surface area (Å²) >= 11 is 1.02. The van der Waals surface area contributed by atoms with Crippen LogP contribution in [0.3, 0.4) is 0 Å². The number of nitrogens with zero attached hydrogens (tertiary/aromatic N) is 1. The summed E-state index contributed by atoms with van der Waals surface area (Å²) in [4.78, 5) is 18.9. The van der Waals surface area contributed by atoms with Gasteiger partial charge in [0.25, 0.3) is 0 Å². The fourth-order valence-corrected chi connectivity index (χ4v) is 5.38. The van der Waals surface area contributed by atoms with Crippen LogP contribution in [0, 0.1) is 6.92 Å². The van der Waals surface area contributed by atoms with E-state index >= 15 is 0 Å². The van der Waals surface area contributed by atoms with Gasteiger partial charge >= 0.3 is 4.87 Å². The fourth-order valence-electron chi connectivity index (χ4n) is 4.62. The van der Waals surface area contributed by atoms with Crippen molar-refractivity contribution >= 4 is 11.3 Å². The molecule has 1 aliphatic rings. The van der Waals surface area contributed by atoms with Gasteiger partial charge in [0.2, 0.25) is 11.8 Å². The van der Waals surface area contributed by atoms with E-state index in [0.29, 0.717) is 17.2 Å². The molecule has 0 unspecified atom stereocenters. The van der Waals surface area contributed by atoms with Crippen LogP contribution in [0.2, 0.25) is 0 Å². The van der Waals surface area contributed by atoms with Crippen LogP contribution in [-0.4, -0.2) is 22.2 Å². The van der Waals surface area contributed by atoms with Crippen molar-refractivity contribution < 1.29 is 9.84 Å². The van der Waals surface area contributed by atoms with E-state index in [0.717, 1.165) is 34.4 Å². The van der Waals surface area contributed by atoms with Crippen molar-refractivity contribution in [1.82, 2.24) is 9.97 Å². The number of thiazole rings is 1. The molecule has 0 bridgehead atoms. The summed E-state index contributed by atoms with van der Waals surface area (Å²) in [5, 5.41) is 9.97. The average Bonchev–Trinajstić information content (AvgIpc) is 3.02. The first-order valence-corrected chi connectivity index (χ1v) is 11.4. The lowest BCUT2D eigenvalue weighted by atomic mass is 9.62. The molecule has 1 aromatic carbocycles. The molecule has 2 N–H and O–H groups in total. The minimum absolute atomic E-state index is 0.0682. The van der Waals surface area contributed by atoms with Crippen molar-refractivity contribution in [2.75, 3.05) is 7.11 Å². The lowest BCUT2D eigenvalue weighted by Gasteiger charge is -2.42. The molecule has 0 fully saturated rings. The van der Waals surface area contributed by atoms with Gasteiger partial charge in [0.15, 0.2) is 0 Å². The Hall–Kier alpha value is -2.60. The number of aryl methyl sites for hydroxylation is 1. The molecule has 0 saturated carbocycles. The lowest BCUT2D eigenvalue weighted by molar-refractivity contribution is 0.332. The van der Waals surface area contributed by atoms with E-state index in [1.165, 1.54) is 23.1 Å². The molecule has 0 saturated heterocycles. The third-order valence-electron chi connectivity index (χ3n) is 6.65. The van der Waals surface area contributed by atoms with Crippen LogP contribution in [0.5, 0.6) is 11.8 Å². The molecule has 4 rings (SSSR count). The van der Waals surface area contributed by atoms with Gasteiger partial charge < -0.3 is 9.84 Å². The highest BCUT2D eigenvalue weighted by atomic mass is 32.1. The number of aromatic hydroxyl groups is 1. The van der Waals surface area contributed by atoms with Crippen LogP contribution in [0.15, 0.2) is 29.2 Å². The highest BCUT2D eigenvalue weighted by molar-refractivity contribution is 7.09. The molecule has 0 amide bonds. The van der Waals surface area contributed by atoms with Gasteiger partial charge in [-0.2, -0.15) is 0 Å². The number of ether oxygens (including phenoxy) is 1. The number of hydrogen-bond donors (Lipinski definition) is 2. The van der Waals surface area contributed by atoms with E-state index in [9.17, 15) is 9.90 Å². The number of aromatic nitrogens is 2. The average molecular weight is 439 g/mol. The second kappa shape index (κ2) is 7.52. The highest BCUT2D eigenvalue weighted by Gasteiger charge is 2.37. The third kappa shape index (κ3) is 3.89. The summed E-state index contributed by atoms with van der Waals surface area (Å²) in [6.07, 6.45) is 4.50. The minimum Gasteiger partial charge on any atom is -0.494 e. The smallest absolute Gasteiger partial charge is 0.307 e. The monoisotopic (exact) mass is 438 g/mol. The van der Waals surface area contributed by atoms with E-state index in [-0.39, 0.29) is 21.6 Å². The number of benzene rings is 1. The maximum atomic E-state index is 11.6. The number of rotatable bonds is 4. The van der Waals surface area contributed by atoms with Gasteiger partial charge in [-0.1, -0.05) is 45.1 Å². The Morgan fingerprint density at radius 1 is 1.10 bits per heavy atom. The number of aromatic amines is 1. The Kier molecular flexibility index (Phi) is 5.24. The molecule has 0 aliphatic heterocycles. The second-order valence-electron chi connectivity index (χ2n) is 9.84. The van der Waals surface area contributed by atoms with Gasteiger partial charge in [0.05, 0.1) is 12.0 Å². The van der Waals surface area contributed by atoms with Crippen LogP contribution < -0.4 is 9.61 Å². The molecular formula is C25H30N2O3S. The molecule has 5 nitrogen and oxygen atoms in total. The number of H-pyrrole nitrogens is 1. The zero-order chi connectivity index (χ0) is 22.6. The zero-order valence-electron chi connectivity index (χ0n) is 19.0. The van der Waals surface area contributed by atoms with Crippen LogP contribution in [-0.2, 0) is 17.3 Å². The van der Waals surface area contributed by atoms with Crippen molar-refractivity contribution in [1.29, 1.82) is 0 Å². The van der Waals surface area contributed by atoms with Crippen LogP contribution in [0.1, 0.15) is 67.7 Å². The number of hydrogen-bond acceptors (Lipinski definition) is 5. The number of fused-ring (bicyclic) bond motifs is 1. The number of pyridine rings is 1. The normalized spacial score (nSPS) is 16.7. The second-order valence-corrected chi connectivity index (χ2v) is 10.9. The van der Waals surface area contributed by atoms with E-state index in [1.807, 2.05) is 0 Å². The van der Waals surface area contributed by atoms with Crippen molar-refractivity contribution in [2.24, 2.45) is 0 Å². The molecule has 164 valence electrons. The largest absolute Gasteiger partial charge is 0.494 e. The summed E-state index contributed by atoms with van der Waals surface area (Å²) in [7, 11) is 1.63. The van der Waals surface area contributed by atoms with E-state index in [4.69, 9.17) is 4.74 Å². The van der Waals surface area contributed by atoms with Gasteiger partial charge in [-0.25, -0.2) is 4.98 Å². The van der Waals surface area contributed by atoms with Gasteiger partial charge in [-0.3, -0.25) is 9.78 Å². The maximum absolute atomic E-state index is 11.6. The molecule has 0 spiro atoms. The van der Waals surface area contributed by atoms with Crippen molar-refractivity contribution in [3.63, 3.8) is 0 Å². The third-order valence-corrected chi connectivity index (χ3v) is 7.53. The Labute approximate surface area is 187 Å². The highest BCUT2D eigenvalue weighted by Crippen LogP contribution is 2.48. The topological polar surface area (TPSA) is 75.2 Å². The summed E-state index contributed by atoms with van der Waals surface area (Å²) in [6, 6.07) is 6.72. The van der Waals surface area contributed by atoms with Crippen molar-refractivity contribution in [3.05, 3.63) is 61.2 Å². The molecule has 0 atom stereocenters. The minimum atomic E-state index is -0.260. The van der Waals surface area contributed by atoms with Crippen molar-refractivity contribution in [2.45, 2.75) is 64.7 Å². The van der Waals surface area contributed by atoms with Crippen molar-refractivity contribution in [3.8, 4) is 22.9 Å². The molecule has 31 heavy (non-hydrogen) atoms. The SMILES string of the molecule is COc1ncc(Cc2sc(=O)[nH]c2O)cc1-c1cc2c(cc1C)C(C)(C)CCC2(C)C. The van der Waals surface area contributed by atoms with Crippen LogP contribution in [0.4, 0.5) is 0 Å². The molecule has 1 aliphatic carbocycles. The van der Waals surface area contributed by atoms with Gasteiger partial charge in [-0.15, -0.1) is 0 Å².